The molecule has 1 unspecified atom stereocenters. The van der Waals surface area contributed by atoms with Gasteiger partial charge in [0, 0.05) is 6.54 Å². The fourth-order valence-corrected chi connectivity index (χ4v) is 2.28. The second-order valence-electron chi connectivity index (χ2n) is 3.65. The van der Waals surface area contributed by atoms with Crippen LogP contribution in [-0.4, -0.2) is 17.3 Å². The molecule has 1 atom stereocenters. The predicted molar refractivity (Wildman–Crippen MR) is 60.8 cm³/mol. The minimum atomic E-state index is -0.329. The van der Waals surface area contributed by atoms with Crippen LogP contribution in [0.2, 0.25) is 0 Å². The highest BCUT2D eigenvalue weighted by atomic mass is 79.9. The van der Waals surface area contributed by atoms with Crippen LogP contribution in [0.4, 0.5) is 10.1 Å². The maximum Gasteiger partial charge on any atom is 0.240 e. The first-order valence-corrected chi connectivity index (χ1v) is 5.73. The molecular formula is C11H11BrFNO. The van der Waals surface area contributed by atoms with Gasteiger partial charge in [-0.3, -0.25) is 4.79 Å². The Morgan fingerprint density at radius 2 is 2.27 bits per heavy atom. The molecule has 2 rings (SSSR count). The van der Waals surface area contributed by atoms with Gasteiger partial charge in [-0.25, -0.2) is 4.39 Å². The fourth-order valence-electron chi connectivity index (χ4n) is 1.83. The van der Waals surface area contributed by atoms with E-state index in [1.165, 1.54) is 11.0 Å². The highest BCUT2D eigenvalue weighted by molar-refractivity contribution is 9.10. The minimum absolute atomic E-state index is 0.0526. The zero-order valence-electron chi connectivity index (χ0n) is 8.34. The Labute approximate surface area is 96.2 Å². The smallest absolute Gasteiger partial charge is 0.240 e. The molecule has 0 aliphatic carbocycles. The van der Waals surface area contributed by atoms with E-state index < -0.39 is 0 Å². The van der Waals surface area contributed by atoms with Gasteiger partial charge in [-0.2, -0.15) is 0 Å². The van der Waals surface area contributed by atoms with E-state index in [4.69, 9.17) is 0 Å². The number of nitrogens with zero attached hydrogens (tertiary/aromatic N) is 1. The van der Waals surface area contributed by atoms with Gasteiger partial charge in [-0.15, -0.1) is 0 Å². The summed E-state index contributed by atoms with van der Waals surface area (Å²) < 4.78 is 13.6. The van der Waals surface area contributed by atoms with Crippen molar-refractivity contribution in [1.29, 1.82) is 0 Å². The van der Waals surface area contributed by atoms with E-state index in [1.807, 2.05) is 13.0 Å². The fraction of sp³-hybridized carbons (Fsp3) is 0.364. The molecule has 1 aromatic carbocycles. The average molecular weight is 272 g/mol. The summed E-state index contributed by atoms with van der Waals surface area (Å²) >= 11 is 3.28. The zero-order chi connectivity index (χ0) is 11.0. The number of anilines is 1. The number of halogens is 2. The molecule has 80 valence electrons. The lowest BCUT2D eigenvalue weighted by molar-refractivity contribution is -0.116. The van der Waals surface area contributed by atoms with Crippen LogP contribution in [0.3, 0.4) is 0 Å². The quantitative estimate of drug-likeness (QED) is 0.720. The van der Waals surface area contributed by atoms with E-state index in [2.05, 4.69) is 15.9 Å². The van der Waals surface area contributed by atoms with Crippen molar-refractivity contribution in [2.75, 3.05) is 11.4 Å². The lowest BCUT2D eigenvalue weighted by atomic mass is 10.2. The maximum absolute atomic E-state index is 13.6. The number of para-hydroxylation sites is 1. The third-order valence-electron chi connectivity index (χ3n) is 2.60. The van der Waals surface area contributed by atoms with E-state index in [9.17, 15) is 9.18 Å². The number of carbonyl (C=O) groups is 1. The molecule has 0 radical (unpaired) electrons. The Morgan fingerprint density at radius 1 is 1.53 bits per heavy atom. The molecule has 0 spiro atoms. The van der Waals surface area contributed by atoms with Crippen LogP contribution in [0.25, 0.3) is 0 Å². The van der Waals surface area contributed by atoms with Gasteiger partial charge >= 0.3 is 0 Å². The van der Waals surface area contributed by atoms with Gasteiger partial charge in [0.05, 0.1) is 10.5 Å². The molecule has 2 nitrogen and oxygen atoms in total. The Bertz CT molecular complexity index is 387. The van der Waals surface area contributed by atoms with Crippen molar-refractivity contribution < 1.29 is 9.18 Å². The second-order valence-corrected chi connectivity index (χ2v) is 4.76. The van der Waals surface area contributed by atoms with Gasteiger partial charge in [-0.05, 0) is 25.0 Å². The van der Waals surface area contributed by atoms with Crippen LogP contribution in [0.1, 0.15) is 12.0 Å². The number of amides is 1. The molecule has 15 heavy (non-hydrogen) atoms. The van der Waals surface area contributed by atoms with Crippen molar-refractivity contribution in [3.05, 3.63) is 29.6 Å². The van der Waals surface area contributed by atoms with Crippen LogP contribution < -0.4 is 4.90 Å². The number of hydrogen-bond acceptors (Lipinski definition) is 1. The van der Waals surface area contributed by atoms with Crippen molar-refractivity contribution in [1.82, 2.24) is 0 Å². The van der Waals surface area contributed by atoms with Crippen molar-refractivity contribution in [2.45, 2.75) is 18.2 Å². The van der Waals surface area contributed by atoms with Gasteiger partial charge in [0.1, 0.15) is 5.82 Å². The first-order valence-electron chi connectivity index (χ1n) is 4.82. The molecular weight excluding hydrogens is 261 g/mol. The Hall–Kier alpha value is -0.900. The third-order valence-corrected chi connectivity index (χ3v) is 3.45. The standard InChI is InChI=1S/C11H11BrFNO/c1-7-3-2-4-9(13)10(7)14-6-5-8(12)11(14)15/h2-4,8H,5-6H2,1H3. The third kappa shape index (κ3) is 1.78. The average Bonchev–Trinajstić information content (AvgIpc) is 2.49. The van der Waals surface area contributed by atoms with Gasteiger partial charge in [0.2, 0.25) is 5.91 Å². The van der Waals surface area contributed by atoms with E-state index >= 15 is 0 Å². The van der Waals surface area contributed by atoms with Crippen LogP contribution in [0.15, 0.2) is 18.2 Å². The molecule has 1 aliphatic rings. The summed E-state index contributed by atoms with van der Waals surface area (Å²) in [6.07, 6.45) is 0.729. The normalized spacial score (nSPS) is 21.1. The minimum Gasteiger partial charge on any atom is -0.308 e. The van der Waals surface area contributed by atoms with E-state index in [-0.39, 0.29) is 16.6 Å². The SMILES string of the molecule is Cc1cccc(F)c1N1CCC(Br)C1=O. The molecule has 1 fully saturated rings. The highest BCUT2D eigenvalue weighted by Gasteiger charge is 2.32. The topological polar surface area (TPSA) is 20.3 Å². The lowest BCUT2D eigenvalue weighted by Gasteiger charge is -2.19. The number of carbonyl (C=O) groups excluding carboxylic acids is 1. The zero-order valence-corrected chi connectivity index (χ0v) is 9.92. The molecule has 1 heterocycles. The first-order chi connectivity index (χ1) is 7.11. The molecule has 1 aromatic rings. The molecule has 0 bridgehead atoms. The summed E-state index contributed by atoms with van der Waals surface area (Å²) in [6, 6.07) is 4.85. The molecule has 1 saturated heterocycles. The number of benzene rings is 1. The van der Waals surface area contributed by atoms with Crippen LogP contribution in [-0.2, 0) is 4.79 Å². The number of hydrogen-bond donors (Lipinski definition) is 0. The number of aryl methyl sites for hydroxylation is 1. The Balaban J connectivity index is 2.42. The molecule has 0 N–H and O–H groups in total. The van der Waals surface area contributed by atoms with Crippen molar-refractivity contribution in [2.24, 2.45) is 0 Å². The Morgan fingerprint density at radius 3 is 2.80 bits per heavy atom. The van der Waals surface area contributed by atoms with Gasteiger partial charge in [-0.1, -0.05) is 28.1 Å². The summed E-state index contributed by atoms with van der Waals surface area (Å²) in [7, 11) is 0. The summed E-state index contributed by atoms with van der Waals surface area (Å²) in [6.45, 7) is 2.39. The van der Waals surface area contributed by atoms with E-state index in [0.29, 0.717) is 12.2 Å². The monoisotopic (exact) mass is 271 g/mol. The predicted octanol–water partition coefficient (Wildman–Crippen LogP) is 2.63. The summed E-state index contributed by atoms with van der Waals surface area (Å²) in [5, 5.41) is 0. The summed E-state index contributed by atoms with van der Waals surface area (Å²) in [4.78, 5) is 13.1. The van der Waals surface area contributed by atoms with Crippen LogP contribution >= 0.6 is 15.9 Å². The Kier molecular flexibility index (Phi) is 2.78. The molecule has 1 aliphatic heterocycles. The second kappa shape index (κ2) is 3.93. The molecule has 0 saturated carbocycles. The van der Waals surface area contributed by atoms with Gasteiger partial charge in [0.25, 0.3) is 0 Å². The van der Waals surface area contributed by atoms with E-state index in [0.717, 1.165) is 12.0 Å². The van der Waals surface area contributed by atoms with Crippen LogP contribution in [0, 0.1) is 12.7 Å². The molecule has 0 aromatic heterocycles. The van der Waals surface area contributed by atoms with Crippen molar-refractivity contribution in [3.63, 3.8) is 0 Å². The largest absolute Gasteiger partial charge is 0.308 e. The molecule has 1 amide bonds. The number of rotatable bonds is 1. The van der Waals surface area contributed by atoms with Crippen molar-refractivity contribution >= 4 is 27.5 Å². The first kappa shape index (κ1) is 10.6. The van der Waals surface area contributed by atoms with Gasteiger partial charge in [0.15, 0.2) is 0 Å². The van der Waals surface area contributed by atoms with Crippen molar-refractivity contribution in [3.8, 4) is 0 Å². The molecule has 4 heteroatoms. The van der Waals surface area contributed by atoms with Gasteiger partial charge < -0.3 is 4.90 Å². The summed E-state index contributed by atoms with van der Waals surface area (Å²) in [5.41, 5.74) is 1.22. The highest BCUT2D eigenvalue weighted by Crippen LogP contribution is 2.30. The maximum atomic E-state index is 13.6. The van der Waals surface area contributed by atoms with Crippen LogP contribution in [0.5, 0.6) is 0 Å². The van der Waals surface area contributed by atoms with E-state index in [1.54, 1.807) is 6.07 Å². The summed E-state index contributed by atoms with van der Waals surface area (Å²) in [5.74, 6) is -0.381. The number of alkyl halides is 1. The lowest BCUT2D eigenvalue weighted by Crippen LogP contribution is -2.28.